The zero-order valence-corrected chi connectivity index (χ0v) is 27.3. The summed E-state index contributed by atoms with van der Waals surface area (Å²) in [5.41, 5.74) is 6.45. The molecular formula is C44H28N4S. The van der Waals surface area contributed by atoms with Crippen molar-refractivity contribution in [3.63, 3.8) is 0 Å². The highest BCUT2D eigenvalue weighted by atomic mass is 32.1. The molecule has 3 aromatic heterocycles. The van der Waals surface area contributed by atoms with Gasteiger partial charge in [-0.15, -0.1) is 11.3 Å². The van der Waals surface area contributed by atoms with Gasteiger partial charge < -0.3 is 0 Å². The first kappa shape index (κ1) is 28.0. The number of nitrogens with zero attached hydrogens (tertiary/aromatic N) is 4. The Morgan fingerprint density at radius 1 is 0.490 bits per heavy atom. The van der Waals surface area contributed by atoms with Crippen LogP contribution in [0, 0.1) is 0 Å². The normalized spacial score (nSPS) is 13.2. The Morgan fingerprint density at radius 3 is 1.78 bits per heavy atom. The summed E-state index contributed by atoms with van der Waals surface area (Å²) in [4.78, 5) is 21.5. The Hall–Kier alpha value is -6.04. The van der Waals surface area contributed by atoms with Gasteiger partial charge in [-0.05, 0) is 52.3 Å². The van der Waals surface area contributed by atoms with Gasteiger partial charge in [-0.25, -0.2) is 19.9 Å². The number of rotatable bonds is 4. The second kappa shape index (κ2) is 11.3. The van der Waals surface area contributed by atoms with Crippen LogP contribution in [0.15, 0.2) is 146 Å². The topological polar surface area (TPSA) is 51.6 Å². The number of allylic oxidation sites excluding steroid dienone is 4. The molecule has 0 bridgehead atoms. The van der Waals surface area contributed by atoms with Crippen molar-refractivity contribution in [2.75, 3.05) is 0 Å². The predicted octanol–water partition coefficient (Wildman–Crippen LogP) is 11.8. The highest BCUT2D eigenvalue weighted by Crippen LogP contribution is 2.40. The summed E-state index contributed by atoms with van der Waals surface area (Å²) in [5.74, 6) is 2.14. The van der Waals surface area contributed by atoms with Gasteiger partial charge in [0.25, 0.3) is 0 Å². The molecule has 0 N–H and O–H groups in total. The SMILES string of the molecule is C1=CCCC(c2nc(-c3ccc(-c4c5ccc6ccccc6c5nc5c4ccc4ccccc45)cc3)nc(-c3cc4ccccc4s3)n2)=C1. The number of aromatic nitrogens is 4. The zero-order valence-electron chi connectivity index (χ0n) is 26.5. The van der Waals surface area contributed by atoms with E-state index < -0.39 is 0 Å². The van der Waals surface area contributed by atoms with Crippen molar-refractivity contribution < 1.29 is 0 Å². The third-order valence-corrected chi connectivity index (χ3v) is 10.7. The highest BCUT2D eigenvalue weighted by Gasteiger charge is 2.18. The lowest BCUT2D eigenvalue weighted by Gasteiger charge is -2.15. The van der Waals surface area contributed by atoms with Crippen molar-refractivity contribution in [2.45, 2.75) is 12.8 Å². The summed E-state index contributed by atoms with van der Waals surface area (Å²) in [5, 5.41) is 8.17. The molecule has 0 fully saturated rings. The summed E-state index contributed by atoms with van der Waals surface area (Å²) in [6, 6.07) is 45.3. The summed E-state index contributed by atoms with van der Waals surface area (Å²) in [6.07, 6.45) is 8.32. The lowest BCUT2D eigenvalue weighted by atomic mass is 9.92. The van der Waals surface area contributed by atoms with Gasteiger partial charge in [-0.1, -0.05) is 133 Å². The molecule has 49 heavy (non-hydrogen) atoms. The molecule has 9 aromatic rings. The van der Waals surface area contributed by atoms with Crippen LogP contribution in [-0.2, 0) is 0 Å². The molecule has 0 atom stereocenters. The molecule has 6 aromatic carbocycles. The van der Waals surface area contributed by atoms with Crippen LogP contribution in [0.2, 0.25) is 0 Å². The Kier molecular flexibility index (Phi) is 6.46. The summed E-state index contributed by atoms with van der Waals surface area (Å²) in [7, 11) is 0. The highest BCUT2D eigenvalue weighted by molar-refractivity contribution is 7.22. The van der Waals surface area contributed by atoms with E-state index >= 15 is 0 Å². The minimum Gasteiger partial charge on any atom is -0.246 e. The van der Waals surface area contributed by atoms with Crippen LogP contribution in [0.4, 0.5) is 0 Å². The van der Waals surface area contributed by atoms with Crippen LogP contribution >= 0.6 is 11.3 Å². The Bertz CT molecular complexity index is 2700. The molecule has 230 valence electrons. The van der Waals surface area contributed by atoms with E-state index in [0.29, 0.717) is 11.6 Å². The molecule has 5 heteroatoms. The van der Waals surface area contributed by atoms with Gasteiger partial charge in [-0.3, -0.25) is 0 Å². The standard InChI is InChI=1S/C44H28N4S/c1-2-12-30(13-3-1)42-46-43(48-44(47-42)38-26-32-14-6-9-17-37(32)49-38)31-20-18-29(19-21-31)39-35-24-22-27-10-4-7-15-33(27)40(35)45-41-34-16-8-5-11-28(34)23-25-36(39)41/h1-2,4-12,14-26H,3,13H2. The molecule has 0 radical (unpaired) electrons. The number of benzene rings is 6. The molecule has 1 aliphatic carbocycles. The van der Waals surface area contributed by atoms with E-state index in [0.717, 1.165) is 72.8 Å². The van der Waals surface area contributed by atoms with Crippen molar-refractivity contribution in [1.29, 1.82) is 0 Å². The van der Waals surface area contributed by atoms with Gasteiger partial charge >= 0.3 is 0 Å². The fraction of sp³-hybridized carbons (Fsp3) is 0.0455. The molecule has 0 spiro atoms. The first-order valence-electron chi connectivity index (χ1n) is 16.6. The third kappa shape index (κ3) is 4.73. The molecule has 0 unspecified atom stereocenters. The number of hydrogen-bond acceptors (Lipinski definition) is 5. The van der Waals surface area contributed by atoms with Crippen molar-refractivity contribution >= 4 is 70.3 Å². The average molecular weight is 645 g/mol. The minimum absolute atomic E-state index is 0.681. The molecule has 4 nitrogen and oxygen atoms in total. The van der Waals surface area contributed by atoms with E-state index in [2.05, 4.69) is 146 Å². The first-order chi connectivity index (χ1) is 24.3. The maximum atomic E-state index is 5.36. The van der Waals surface area contributed by atoms with E-state index in [1.807, 2.05) is 0 Å². The lowest BCUT2D eigenvalue weighted by Crippen LogP contribution is -2.03. The van der Waals surface area contributed by atoms with E-state index in [-0.39, 0.29) is 0 Å². The van der Waals surface area contributed by atoms with Gasteiger partial charge in [0.15, 0.2) is 17.5 Å². The predicted molar refractivity (Wildman–Crippen MR) is 206 cm³/mol. The van der Waals surface area contributed by atoms with E-state index in [4.69, 9.17) is 19.9 Å². The third-order valence-electron chi connectivity index (χ3n) is 9.58. The molecule has 10 rings (SSSR count). The molecule has 0 amide bonds. The van der Waals surface area contributed by atoms with Crippen LogP contribution in [0.1, 0.15) is 18.7 Å². The number of fused-ring (bicyclic) bond motifs is 7. The van der Waals surface area contributed by atoms with Crippen molar-refractivity contribution in [2.24, 2.45) is 0 Å². The van der Waals surface area contributed by atoms with E-state index in [1.165, 1.54) is 26.4 Å². The van der Waals surface area contributed by atoms with Crippen LogP contribution in [0.25, 0.3) is 92.2 Å². The van der Waals surface area contributed by atoms with Gasteiger partial charge in [0.05, 0.1) is 15.9 Å². The molecule has 0 aliphatic heterocycles. The van der Waals surface area contributed by atoms with Crippen LogP contribution in [0.5, 0.6) is 0 Å². The largest absolute Gasteiger partial charge is 0.246 e. The van der Waals surface area contributed by atoms with Gasteiger partial charge in [0, 0.05) is 37.4 Å². The number of thiophene rings is 1. The minimum atomic E-state index is 0.681. The summed E-state index contributed by atoms with van der Waals surface area (Å²) in [6.45, 7) is 0. The Labute approximate surface area is 286 Å². The fourth-order valence-corrected chi connectivity index (χ4v) is 8.15. The molecule has 0 saturated heterocycles. The second-order valence-electron chi connectivity index (χ2n) is 12.5. The van der Waals surface area contributed by atoms with Gasteiger partial charge in [0.1, 0.15) is 0 Å². The molecular weight excluding hydrogens is 617 g/mol. The smallest absolute Gasteiger partial charge is 0.174 e. The summed E-state index contributed by atoms with van der Waals surface area (Å²) >= 11 is 1.72. The molecule has 3 heterocycles. The van der Waals surface area contributed by atoms with Crippen LogP contribution < -0.4 is 0 Å². The average Bonchev–Trinajstić information content (AvgIpc) is 3.62. The molecule has 0 saturated carbocycles. The van der Waals surface area contributed by atoms with Crippen LogP contribution in [0.3, 0.4) is 0 Å². The number of hydrogen-bond donors (Lipinski definition) is 0. The van der Waals surface area contributed by atoms with Crippen LogP contribution in [-0.4, -0.2) is 19.9 Å². The first-order valence-corrected chi connectivity index (χ1v) is 17.4. The van der Waals surface area contributed by atoms with E-state index in [1.54, 1.807) is 11.3 Å². The van der Waals surface area contributed by atoms with Crippen molar-refractivity contribution in [3.8, 4) is 33.2 Å². The Balaban J connectivity index is 1.16. The monoisotopic (exact) mass is 644 g/mol. The van der Waals surface area contributed by atoms with Crippen molar-refractivity contribution in [1.82, 2.24) is 19.9 Å². The van der Waals surface area contributed by atoms with E-state index in [9.17, 15) is 0 Å². The fourth-order valence-electron chi connectivity index (χ4n) is 7.15. The molecule has 1 aliphatic rings. The van der Waals surface area contributed by atoms with Gasteiger partial charge in [-0.2, -0.15) is 0 Å². The quantitative estimate of drug-likeness (QED) is 0.141. The second-order valence-corrected chi connectivity index (χ2v) is 13.6. The maximum absolute atomic E-state index is 5.36. The van der Waals surface area contributed by atoms with Gasteiger partial charge in [0.2, 0.25) is 0 Å². The maximum Gasteiger partial charge on any atom is 0.174 e. The zero-order chi connectivity index (χ0) is 32.3. The van der Waals surface area contributed by atoms with Crippen molar-refractivity contribution in [3.05, 3.63) is 151 Å². The number of pyridine rings is 1. The summed E-state index contributed by atoms with van der Waals surface area (Å²) < 4.78 is 1.22. The Morgan fingerprint density at radius 2 is 1.10 bits per heavy atom. The lowest BCUT2D eigenvalue weighted by molar-refractivity contribution is 0.980.